The molecule has 0 aromatic heterocycles. The van der Waals surface area contributed by atoms with Gasteiger partial charge in [-0.05, 0) is 6.92 Å². The zero-order valence-electron chi connectivity index (χ0n) is 22.0. The Labute approximate surface area is 216 Å². The van der Waals surface area contributed by atoms with Crippen LogP contribution in [0.3, 0.4) is 0 Å². The molecule has 1 heterocycles. The number of hydrogen-bond acceptors (Lipinski definition) is 13. The van der Waals surface area contributed by atoms with Crippen LogP contribution in [0, 0.1) is 0 Å². The smallest absolute Gasteiger partial charge is 0.323 e. The van der Waals surface area contributed by atoms with Gasteiger partial charge in [0.2, 0.25) is 5.91 Å². The van der Waals surface area contributed by atoms with Crippen molar-refractivity contribution in [3.05, 3.63) is 0 Å². The summed E-state index contributed by atoms with van der Waals surface area (Å²) in [6, 6.07) is 0. The number of nitrogens with zero attached hydrogens (tertiary/aromatic N) is 5. The first-order chi connectivity index (χ1) is 17.5. The summed E-state index contributed by atoms with van der Waals surface area (Å²) in [6.07, 6.45) is 0. The number of carbonyl (C=O) groups excluding carboxylic acids is 4. The van der Waals surface area contributed by atoms with Gasteiger partial charge in [0.25, 0.3) is 0 Å². The van der Waals surface area contributed by atoms with E-state index < -0.39 is 36.3 Å². The van der Waals surface area contributed by atoms with Crippen molar-refractivity contribution in [2.24, 2.45) is 0 Å². The SMILES string of the molecule is CCOCCN(CC(=O)O)C(=O)CN1CCN(OC(C)=O)CCN(OC(C)=O)CCN(OC(C)=O)CC1. The second kappa shape index (κ2) is 17.6. The highest BCUT2D eigenvalue weighted by Crippen LogP contribution is 2.05. The first-order valence-electron chi connectivity index (χ1n) is 12.1. The van der Waals surface area contributed by atoms with Crippen LogP contribution in [0.15, 0.2) is 0 Å². The summed E-state index contributed by atoms with van der Waals surface area (Å²) in [7, 11) is 0. The molecule has 15 nitrogen and oxygen atoms in total. The standard InChI is InChI=1S/C22H39N5O10/c1-5-34-15-14-24(17-22(32)33)21(31)16-23-6-8-25(35-18(2)28)10-12-27(37-20(4)30)13-11-26(9-7-23)36-19(3)29/h5-17H2,1-4H3,(H,32,33). The molecule has 1 N–H and O–H groups in total. The molecule has 0 aromatic carbocycles. The van der Waals surface area contributed by atoms with Crippen LogP contribution >= 0.6 is 0 Å². The number of carboxylic acids is 1. The Balaban J connectivity index is 3.04. The highest BCUT2D eigenvalue weighted by Gasteiger charge is 2.24. The van der Waals surface area contributed by atoms with E-state index in [1.807, 2.05) is 0 Å². The number of aliphatic carboxylic acids is 1. The monoisotopic (exact) mass is 533 g/mol. The summed E-state index contributed by atoms with van der Waals surface area (Å²) in [4.78, 5) is 77.7. The third-order valence-corrected chi connectivity index (χ3v) is 5.05. The molecule has 0 saturated carbocycles. The van der Waals surface area contributed by atoms with Crippen molar-refractivity contribution in [2.75, 3.05) is 85.2 Å². The first kappa shape index (κ1) is 32.2. The third-order valence-electron chi connectivity index (χ3n) is 5.05. The molecule has 1 aliphatic heterocycles. The zero-order valence-corrected chi connectivity index (χ0v) is 22.0. The van der Waals surface area contributed by atoms with Gasteiger partial charge in [-0.3, -0.25) is 28.9 Å². The lowest BCUT2D eigenvalue weighted by molar-refractivity contribution is -0.217. The van der Waals surface area contributed by atoms with E-state index in [2.05, 4.69) is 0 Å². The summed E-state index contributed by atoms with van der Waals surface area (Å²) in [5.74, 6) is -3.13. The number of ether oxygens (including phenoxy) is 1. The summed E-state index contributed by atoms with van der Waals surface area (Å²) >= 11 is 0. The molecule has 37 heavy (non-hydrogen) atoms. The predicted octanol–water partition coefficient (Wildman–Crippen LogP) is -1.41. The van der Waals surface area contributed by atoms with Crippen LogP contribution in [0.1, 0.15) is 27.7 Å². The quantitative estimate of drug-likeness (QED) is 0.309. The summed E-state index contributed by atoms with van der Waals surface area (Å²) in [5.41, 5.74) is 0. The van der Waals surface area contributed by atoms with Crippen molar-refractivity contribution in [1.82, 2.24) is 25.0 Å². The number of amides is 1. The molecule has 212 valence electrons. The van der Waals surface area contributed by atoms with Gasteiger partial charge in [-0.2, -0.15) is 0 Å². The molecule has 0 radical (unpaired) electrons. The van der Waals surface area contributed by atoms with Gasteiger partial charge < -0.3 is 29.3 Å². The minimum Gasteiger partial charge on any atom is -0.480 e. The van der Waals surface area contributed by atoms with Gasteiger partial charge >= 0.3 is 23.9 Å². The van der Waals surface area contributed by atoms with Gasteiger partial charge in [0.15, 0.2) is 0 Å². The molecule has 0 aliphatic carbocycles. The molecule has 1 aliphatic rings. The number of carbonyl (C=O) groups is 5. The Morgan fingerprint density at radius 3 is 1.49 bits per heavy atom. The largest absolute Gasteiger partial charge is 0.480 e. The fourth-order valence-electron chi connectivity index (χ4n) is 3.44. The molecule has 0 unspecified atom stereocenters. The van der Waals surface area contributed by atoms with Gasteiger partial charge in [0, 0.05) is 60.1 Å². The third kappa shape index (κ3) is 15.1. The number of rotatable bonds is 11. The van der Waals surface area contributed by atoms with Gasteiger partial charge in [0.05, 0.1) is 39.3 Å². The topological polar surface area (TPSA) is 159 Å². The van der Waals surface area contributed by atoms with Crippen LogP contribution in [0.4, 0.5) is 0 Å². The molecule has 0 atom stereocenters. The van der Waals surface area contributed by atoms with Crippen LogP contribution in [0.5, 0.6) is 0 Å². The molecule has 1 amide bonds. The van der Waals surface area contributed by atoms with Gasteiger partial charge in [0.1, 0.15) is 6.54 Å². The predicted molar refractivity (Wildman–Crippen MR) is 127 cm³/mol. The number of carboxylic acid groups (broad SMARTS) is 1. The number of hydrogen-bond donors (Lipinski definition) is 1. The Hall–Kier alpha value is -2.85. The lowest BCUT2D eigenvalue weighted by atomic mass is 10.3. The van der Waals surface area contributed by atoms with E-state index in [-0.39, 0.29) is 72.1 Å². The van der Waals surface area contributed by atoms with E-state index in [1.165, 1.54) is 40.9 Å². The van der Waals surface area contributed by atoms with Crippen LogP contribution in [-0.2, 0) is 43.2 Å². The molecular weight excluding hydrogens is 494 g/mol. The zero-order chi connectivity index (χ0) is 27.8. The first-order valence-corrected chi connectivity index (χ1v) is 12.1. The molecule has 15 heteroatoms. The second-order valence-electron chi connectivity index (χ2n) is 8.22. The Bertz CT molecular complexity index is 736. The lowest BCUT2D eigenvalue weighted by Gasteiger charge is -2.32. The fourth-order valence-corrected chi connectivity index (χ4v) is 3.44. The highest BCUT2D eigenvalue weighted by molar-refractivity contribution is 5.82. The minimum absolute atomic E-state index is 0.110. The van der Waals surface area contributed by atoms with E-state index in [4.69, 9.17) is 19.2 Å². The van der Waals surface area contributed by atoms with E-state index in [1.54, 1.807) is 11.8 Å². The van der Waals surface area contributed by atoms with E-state index in [0.29, 0.717) is 6.61 Å². The average Bonchev–Trinajstić information content (AvgIpc) is 2.78. The summed E-state index contributed by atoms with van der Waals surface area (Å²) in [6.45, 7) is 7.54. The molecule has 0 aromatic rings. The van der Waals surface area contributed by atoms with Crippen molar-refractivity contribution in [3.63, 3.8) is 0 Å². The van der Waals surface area contributed by atoms with Crippen molar-refractivity contribution in [1.29, 1.82) is 0 Å². The van der Waals surface area contributed by atoms with Crippen LogP contribution in [0.25, 0.3) is 0 Å². The van der Waals surface area contributed by atoms with Crippen molar-refractivity contribution in [3.8, 4) is 0 Å². The van der Waals surface area contributed by atoms with Gasteiger partial charge in [-0.25, -0.2) is 0 Å². The average molecular weight is 534 g/mol. The minimum atomic E-state index is -1.14. The normalized spacial score (nSPS) is 17.2. The number of hydroxylamine groups is 6. The summed E-state index contributed by atoms with van der Waals surface area (Å²) in [5, 5.41) is 13.4. The van der Waals surface area contributed by atoms with Crippen molar-refractivity contribution in [2.45, 2.75) is 27.7 Å². The Morgan fingerprint density at radius 2 is 1.14 bits per heavy atom. The van der Waals surface area contributed by atoms with Crippen molar-refractivity contribution >= 4 is 29.8 Å². The van der Waals surface area contributed by atoms with Crippen LogP contribution in [-0.4, -0.2) is 145 Å². The molecular formula is C22H39N5O10. The Morgan fingerprint density at radius 1 is 0.730 bits per heavy atom. The molecule has 0 bridgehead atoms. The molecule has 0 spiro atoms. The fraction of sp³-hybridized carbons (Fsp3) is 0.773. The van der Waals surface area contributed by atoms with Crippen LogP contribution in [0.2, 0.25) is 0 Å². The van der Waals surface area contributed by atoms with Crippen LogP contribution < -0.4 is 0 Å². The maximum absolute atomic E-state index is 13.0. The van der Waals surface area contributed by atoms with Gasteiger partial charge in [-0.1, -0.05) is 0 Å². The Kier molecular flexibility index (Phi) is 15.3. The second-order valence-corrected chi connectivity index (χ2v) is 8.22. The molecule has 1 saturated heterocycles. The maximum Gasteiger partial charge on any atom is 0.323 e. The molecule has 1 rings (SSSR count). The summed E-state index contributed by atoms with van der Waals surface area (Å²) < 4.78 is 5.27. The van der Waals surface area contributed by atoms with Crippen molar-refractivity contribution < 1.29 is 48.3 Å². The van der Waals surface area contributed by atoms with E-state index in [0.717, 1.165) is 0 Å². The van der Waals surface area contributed by atoms with E-state index >= 15 is 0 Å². The van der Waals surface area contributed by atoms with Gasteiger partial charge in [-0.15, -0.1) is 15.2 Å². The van der Waals surface area contributed by atoms with E-state index in [9.17, 15) is 29.1 Å². The molecule has 1 fully saturated rings. The highest BCUT2D eigenvalue weighted by atomic mass is 16.7. The lowest BCUT2D eigenvalue weighted by Crippen LogP contribution is -2.49. The maximum atomic E-state index is 13.0.